The van der Waals surface area contributed by atoms with Gasteiger partial charge in [0.25, 0.3) is 5.91 Å². The average molecular weight is 361 g/mol. The van der Waals surface area contributed by atoms with E-state index in [-0.39, 0.29) is 5.91 Å². The predicted octanol–water partition coefficient (Wildman–Crippen LogP) is 3.71. The number of hydrogen-bond donors (Lipinski definition) is 0. The van der Waals surface area contributed by atoms with Crippen molar-refractivity contribution in [2.75, 3.05) is 34.6 Å². The van der Waals surface area contributed by atoms with E-state index < -0.39 is 0 Å². The van der Waals surface area contributed by atoms with E-state index in [0.717, 1.165) is 10.5 Å². The highest BCUT2D eigenvalue weighted by molar-refractivity contribution is 7.98. The van der Waals surface area contributed by atoms with Gasteiger partial charge in [-0.1, -0.05) is 0 Å². The van der Waals surface area contributed by atoms with Crippen molar-refractivity contribution in [3.05, 3.63) is 47.5 Å². The van der Waals surface area contributed by atoms with Gasteiger partial charge >= 0.3 is 0 Å². The molecule has 0 aromatic heterocycles. The lowest BCUT2D eigenvalue weighted by molar-refractivity contribution is 0.0784. The van der Waals surface area contributed by atoms with Gasteiger partial charge in [-0.25, -0.2) is 0 Å². The first-order valence-corrected chi connectivity index (χ1v) is 8.95. The molecule has 25 heavy (non-hydrogen) atoms. The molecule has 134 valence electrons. The molecule has 6 heteroatoms. The first-order valence-electron chi connectivity index (χ1n) is 7.73. The van der Waals surface area contributed by atoms with E-state index in [1.54, 1.807) is 45.0 Å². The maximum Gasteiger partial charge on any atom is 0.253 e. The van der Waals surface area contributed by atoms with Crippen LogP contribution in [-0.2, 0) is 6.54 Å². The lowest BCUT2D eigenvalue weighted by Crippen LogP contribution is -2.26. The molecule has 0 spiro atoms. The molecule has 1 amide bonds. The van der Waals surface area contributed by atoms with Gasteiger partial charge in [0, 0.05) is 29.6 Å². The van der Waals surface area contributed by atoms with Crippen molar-refractivity contribution < 1.29 is 19.0 Å². The largest absolute Gasteiger partial charge is 0.493 e. The molecular weight excluding hydrogens is 338 g/mol. The zero-order valence-corrected chi connectivity index (χ0v) is 16.0. The van der Waals surface area contributed by atoms with Gasteiger partial charge in [0.15, 0.2) is 11.5 Å². The van der Waals surface area contributed by atoms with Gasteiger partial charge in [-0.15, -0.1) is 11.8 Å². The summed E-state index contributed by atoms with van der Waals surface area (Å²) in [4.78, 5) is 15.4. The quantitative estimate of drug-likeness (QED) is 0.704. The van der Waals surface area contributed by atoms with Crippen LogP contribution in [0.3, 0.4) is 0 Å². The fraction of sp³-hybridized carbons (Fsp3) is 0.316. The third-order valence-corrected chi connectivity index (χ3v) is 4.62. The number of methoxy groups -OCH3 is 3. The third kappa shape index (κ3) is 4.20. The minimum atomic E-state index is -0.0514. The fourth-order valence-electron chi connectivity index (χ4n) is 2.57. The number of ether oxygens (including phenoxy) is 3. The molecule has 2 aromatic carbocycles. The summed E-state index contributed by atoms with van der Waals surface area (Å²) in [5.74, 6) is 1.63. The molecular formula is C19H23NO4S. The maximum absolute atomic E-state index is 12.6. The molecule has 0 fully saturated rings. The van der Waals surface area contributed by atoms with Gasteiger partial charge in [-0.05, 0) is 42.7 Å². The molecule has 0 saturated carbocycles. The molecule has 0 aliphatic rings. The Bertz CT molecular complexity index is 731. The third-order valence-electron chi connectivity index (χ3n) is 3.88. The molecule has 0 unspecified atom stereocenters. The summed E-state index contributed by atoms with van der Waals surface area (Å²) < 4.78 is 16.2. The highest BCUT2D eigenvalue weighted by atomic mass is 32.2. The standard InChI is InChI=1S/C19H23NO4S/c1-20(19(21)13-6-9-15(25-5)10-7-13)12-14-8-11-16(22-2)18(24-4)17(14)23-3/h6-11H,12H2,1-5H3. The van der Waals surface area contributed by atoms with Crippen LogP contribution in [0.4, 0.5) is 0 Å². The van der Waals surface area contributed by atoms with E-state index in [2.05, 4.69) is 0 Å². The minimum absolute atomic E-state index is 0.0514. The second kappa shape index (κ2) is 8.67. The smallest absolute Gasteiger partial charge is 0.253 e. The molecule has 0 bridgehead atoms. The molecule has 0 atom stereocenters. The minimum Gasteiger partial charge on any atom is -0.493 e. The zero-order chi connectivity index (χ0) is 18.4. The van der Waals surface area contributed by atoms with E-state index in [1.807, 2.05) is 42.7 Å². The molecule has 0 aliphatic heterocycles. The second-order valence-electron chi connectivity index (χ2n) is 5.38. The Morgan fingerprint density at radius 3 is 2.12 bits per heavy atom. The normalized spacial score (nSPS) is 10.3. The first kappa shape index (κ1) is 19.0. The van der Waals surface area contributed by atoms with Crippen LogP contribution in [0.25, 0.3) is 0 Å². The van der Waals surface area contributed by atoms with Crippen molar-refractivity contribution in [2.24, 2.45) is 0 Å². The van der Waals surface area contributed by atoms with Crippen molar-refractivity contribution in [1.82, 2.24) is 4.90 Å². The highest BCUT2D eigenvalue weighted by Gasteiger charge is 2.19. The van der Waals surface area contributed by atoms with Crippen LogP contribution >= 0.6 is 11.8 Å². The zero-order valence-electron chi connectivity index (χ0n) is 15.2. The van der Waals surface area contributed by atoms with Crippen molar-refractivity contribution in [3.63, 3.8) is 0 Å². The highest BCUT2D eigenvalue weighted by Crippen LogP contribution is 2.40. The second-order valence-corrected chi connectivity index (χ2v) is 6.26. The molecule has 2 aromatic rings. The van der Waals surface area contributed by atoms with Crippen molar-refractivity contribution >= 4 is 17.7 Å². The predicted molar refractivity (Wildman–Crippen MR) is 100 cm³/mol. The van der Waals surface area contributed by atoms with Gasteiger partial charge in [0.05, 0.1) is 21.3 Å². The molecule has 2 rings (SSSR count). The van der Waals surface area contributed by atoms with Gasteiger partial charge < -0.3 is 19.1 Å². The van der Waals surface area contributed by atoms with Gasteiger partial charge in [0.2, 0.25) is 5.75 Å². The lowest BCUT2D eigenvalue weighted by Gasteiger charge is -2.21. The Kier molecular flexibility index (Phi) is 6.58. The van der Waals surface area contributed by atoms with E-state index in [9.17, 15) is 4.79 Å². The number of amides is 1. The maximum atomic E-state index is 12.6. The summed E-state index contributed by atoms with van der Waals surface area (Å²) in [5.41, 5.74) is 1.50. The van der Waals surface area contributed by atoms with Gasteiger partial charge in [-0.3, -0.25) is 4.79 Å². The van der Waals surface area contributed by atoms with Crippen LogP contribution < -0.4 is 14.2 Å². The van der Waals surface area contributed by atoms with Crippen molar-refractivity contribution in [2.45, 2.75) is 11.4 Å². The van der Waals surface area contributed by atoms with E-state index in [1.165, 1.54) is 0 Å². The fourth-order valence-corrected chi connectivity index (χ4v) is 2.98. The number of carbonyl (C=O) groups excluding carboxylic acids is 1. The Morgan fingerprint density at radius 1 is 0.960 bits per heavy atom. The summed E-state index contributed by atoms with van der Waals surface area (Å²) >= 11 is 1.65. The topological polar surface area (TPSA) is 48.0 Å². The number of hydrogen-bond acceptors (Lipinski definition) is 5. The summed E-state index contributed by atoms with van der Waals surface area (Å²) in [5, 5.41) is 0. The van der Waals surface area contributed by atoms with Crippen LogP contribution in [0.5, 0.6) is 17.2 Å². The summed E-state index contributed by atoms with van der Waals surface area (Å²) in [7, 11) is 6.47. The van der Waals surface area contributed by atoms with E-state index >= 15 is 0 Å². The van der Waals surface area contributed by atoms with Crippen molar-refractivity contribution in [3.8, 4) is 17.2 Å². The Hall–Kier alpha value is -2.34. The van der Waals surface area contributed by atoms with Crippen LogP contribution in [0.1, 0.15) is 15.9 Å². The molecule has 0 aliphatic carbocycles. The SMILES string of the molecule is COc1ccc(CN(C)C(=O)c2ccc(SC)cc2)c(OC)c1OC. The lowest BCUT2D eigenvalue weighted by atomic mass is 10.1. The molecule has 0 N–H and O–H groups in total. The Labute approximate surface area is 152 Å². The van der Waals surface area contributed by atoms with Crippen LogP contribution in [0.2, 0.25) is 0 Å². The Balaban J connectivity index is 2.24. The first-order chi connectivity index (χ1) is 12.0. The van der Waals surface area contributed by atoms with Crippen LogP contribution in [-0.4, -0.2) is 45.4 Å². The number of benzene rings is 2. The average Bonchev–Trinajstić information content (AvgIpc) is 2.66. The van der Waals surface area contributed by atoms with Crippen LogP contribution in [0.15, 0.2) is 41.3 Å². The monoisotopic (exact) mass is 361 g/mol. The van der Waals surface area contributed by atoms with Gasteiger partial charge in [-0.2, -0.15) is 0 Å². The number of thioether (sulfide) groups is 1. The summed E-state index contributed by atoms with van der Waals surface area (Å²) in [6, 6.07) is 11.3. The molecule has 5 nitrogen and oxygen atoms in total. The molecule has 0 heterocycles. The summed E-state index contributed by atoms with van der Waals surface area (Å²) in [6.45, 7) is 0.395. The van der Waals surface area contributed by atoms with Gasteiger partial charge in [0.1, 0.15) is 0 Å². The number of nitrogens with zero attached hydrogens (tertiary/aromatic N) is 1. The van der Waals surface area contributed by atoms with E-state index in [0.29, 0.717) is 29.4 Å². The summed E-state index contributed by atoms with van der Waals surface area (Å²) in [6.07, 6.45) is 2.01. The number of carbonyl (C=O) groups is 1. The molecule has 0 radical (unpaired) electrons. The number of rotatable bonds is 7. The Morgan fingerprint density at radius 2 is 1.60 bits per heavy atom. The van der Waals surface area contributed by atoms with Crippen molar-refractivity contribution in [1.29, 1.82) is 0 Å². The molecule has 0 saturated heterocycles. The van der Waals surface area contributed by atoms with E-state index in [4.69, 9.17) is 14.2 Å². The van der Waals surface area contributed by atoms with Crippen LogP contribution in [0, 0.1) is 0 Å².